The SMILES string of the molecule is CCOc1ccccc1NC(=O)Nc1ccc2c(c1)oc(=O)n2C. The van der Waals surface area contributed by atoms with Crippen LogP contribution in [0.25, 0.3) is 11.1 Å². The zero-order valence-corrected chi connectivity index (χ0v) is 13.3. The van der Waals surface area contributed by atoms with Crippen molar-refractivity contribution in [2.75, 3.05) is 17.2 Å². The first kappa shape index (κ1) is 15.7. The van der Waals surface area contributed by atoms with Crippen LogP contribution in [-0.4, -0.2) is 17.2 Å². The number of aryl methyl sites for hydroxylation is 1. The monoisotopic (exact) mass is 327 g/mol. The van der Waals surface area contributed by atoms with Crippen LogP contribution in [0.15, 0.2) is 51.7 Å². The lowest BCUT2D eigenvalue weighted by Gasteiger charge is -2.12. The summed E-state index contributed by atoms with van der Waals surface area (Å²) in [7, 11) is 1.62. The predicted molar refractivity (Wildman–Crippen MR) is 91.7 cm³/mol. The lowest BCUT2D eigenvalue weighted by atomic mass is 10.3. The van der Waals surface area contributed by atoms with E-state index in [9.17, 15) is 9.59 Å². The smallest absolute Gasteiger partial charge is 0.419 e. The van der Waals surface area contributed by atoms with E-state index in [2.05, 4.69) is 10.6 Å². The van der Waals surface area contributed by atoms with Crippen molar-refractivity contribution in [1.29, 1.82) is 0 Å². The zero-order chi connectivity index (χ0) is 17.1. The number of amides is 2. The molecule has 1 aromatic heterocycles. The van der Waals surface area contributed by atoms with Gasteiger partial charge in [0.15, 0.2) is 5.58 Å². The highest BCUT2D eigenvalue weighted by atomic mass is 16.5. The molecule has 1 heterocycles. The molecule has 124 valence electrons. The minimum Gasteiger partial charge on any atom is -0.492 e. The van der Waals surface area contributed by atoms with Crippen LogP contribution in [0.2, 0.25) is 0 Å². The normalized spacial score (nSPS) is 10.6. The Hall–Kier alpha value is -3.22. The van der Waals surface area contributed by atoms with Gasteiger partial charge >= 0.3 is 11.8 Å². The molecule has 0 aliphatic rings. The number of hydrogen-bond donors (Lipinski definition) is 2. The van der Waals surface area contributed by atoms with Gasteiger partial charge < -0.3 is 19.8 Å². The van der Waals surface area contributed by atoms with Gasteiger partial charge in [0.05, 0.1) is 17.8 Å². The molecule has 0 atom stereocenters. The van der Waals surface area contributed by atoms with Gasteiger partial charge in [-0.05, 0) is 31.2 Å². The highest BCUT2D eigenvalue weighted by Crippen LogP contribution is 2.24. The molecule has 7 nitrogen and oxygen atoms in total. The second kappa shape index (κ2) is 6.49. The highest BCUT2D eigenvalue weighted by Gasteiger charge is 2.10. The third kappa shape index (κ3) is 3.10. The van der Waals surface area contributed by atoms with Crippen molar-refractivity contribution in [2.24, 2.45) is 7.05 Å². The Labute approximate surface area is 137 Å². The van der Waals surface area contributed by atoms with E-state index in [4.69, 9.17) is 9.15 Å². The molecule has 3 rings (SSSR count). The number of aromatic nitrogens is 1. The third-order valence-corrected chi connectivity index (χ3v) is 3.49. The van der Waals surface area contributed by atoms with Crippen LogP contribution < -0.4 is 21.1 Å². The summed E-state index contributed by atoms with van der Waals surface area (Å²) in [5.74, 6) is 0.150. The van der Waals surface area contributed by atoms with Gasteiger partial charge in [-0.25, -0.2) is 9.59 Å². The average molecular weight is 327 g/mol. The van der Waals surface area contributed by atoms with Gasteiger partial charge in [-0.1, -0.05) is 12.1 Å². The van der Waals surface area contributed by atoms with E-state index in [-0.39, 0.29) is 0 Å². The second-order valence-electron chi connectivity index (χ2n) is 5.12. The van der Waals surface area contributed by atoms with Crippen LogP contribution in [0.5, 0.6) is 5.75 Å². The van der Waals surface area contributed by atoms with Crippen LogP contribution in [0.1, 0.15) is 6.92 Å². The van der Waals surface area contributed by atoms with E-state index < -0.39 is 11.8 Å². The van der Waals surface area contributed by atoms with Gasteiger partial charge in [0.1, 0.15) is 5.75 Å². The Morgan fingerprint density at radius 3 is 2.79 bits per heavy atom. The number of hydrogen-bond acceptors (Lipinski definition) is 4. The van der Waals surface area contributed by atoms with E-state index in [1.807, 2.05) is 19.1 Å². The van der Waals surface area contributed by atoms with Crippen LogP contribution in [0.4, 0.5) is 16.2 Å². The fourth-order valence-corrected chi connectivity index (χ4v) is 2.35. The Bertz CT molecular complexity index is 942. The van der Waals surface area contributed by atoms with Gasteiger partial charge in [0, 0.05) is 18.8 Å². The maximum atomic E-state index is 12.2. The average Bonchev–Trinajstić information content (AvgIpc) is 2.83. The summed E-state index contributed by atoms with van der Waals surface area (Å²) in [6.07, 6.45) is 0. The van der Waals surface area contributed by atoms with Crippen molar-refractivity contribution >= 4 is 28.5 Å². The molecule has 0 fully saturated rings. The Balaban J connectivity index is 1.77. The lowest BCUT2D eigenvalue weighted by molar-refractivity contribution is 0.262. The number of anilines is 2. The third-order valence-electron chi connectivity index (χ3n) is 3.49. The van der Waals surface area contributed by atoms with Crippen LogP contribution >= 0.6 is 0 Å². The summed E-state index contributed by atoms with van der Waals surface area (Å²) in [4.78, 5) is 23.7. The largest absolute Gasteiger partial charge is 0.492 e. The zero-order valence-electron chi connectivity index (χ0n) is 13.3. The molecule has 0 radical (unpaired) electrons. The van der Waals surface area contributed by atoms with E-state index in [0.29, 0.717) is 34.8 Å². The van der Waals surface area contributed by atoms with Crippen LogP contribution in [0.3, 0.4) is 0 Å². The fourth-order valence-electron chi connectivity index (χ4n) is 2.35. The Kier molecular flexibility index (Phi) is 4.24. The standard InChI is InChI=1S/C17H17N3O4/c1-3-23-14-7-5-4-6-12(14)19-16(21)18-11-8-9-13-15(10-11)24-17(22)20(13)2/h4-10H,3H2,1-2H3,(H2,18,19,21). The molecule has 2 aromatic carbocycles. The molecule has 0 saturated carbocycles. The van der Waals surface area contributed by atoms with Crippen molar-refractivity contribution in [3.05, 3.63) is 53.0 Å². The van der Waals surface area contributed by atoms with Crippen LogP contribution in [0, 0.1) is 0 Å². The van der Waals surface area contributed by atoms with Crippen LogP contribution in [-0.2, 0) is 7.05 Å². The molecule has 0 unspecified atom stereocenters. The number of rotatable bonds is 4. The molecule has 0 bridgehead atoms. The number of urea groups is 1. The molecular formula is C17H17N3O4. The maximum Gasteiger partial charge on any atom is 0.419 e. The van der Waals surface area contributed by atoms with Gasteiger partial charge in [0.25, 0.3) is 0 Å². The van der Waals surface area contributed by atoms with Crippen molar-refractivity contribution in [3.63, 3.8) is 0 Å². The predicted octanol–water partition coefficient (Wildman–Crippen LogP) is 3.17. The number of fused-ring (bicyclic) bond motifs is 1. The molecular weight excluding hydrogens is 310 g/mol. The quantitative estimate of drug-likeness (QED) is 0.770. The van der Waals surface area contributed by atoms with Gasteiger partial charge in [0.2, 0.25) is 0 Å². The number of carbonyl (C=O) groups is 1. The van der Waals surface area contributed by atoms with Crippen molar-refractivity contribution in [3.8, 4) is 5.75 Å². The van der Waals surface area contributed by atoms with Crippen molar-refractivity contribution < 1.29 is 13.9 Å². The molecule has 0 aliphatic carbocycles. The van der Waals surface area contributed by atoms with Crippen molar-refractivity contribution in [2.45, 2.75) is 6.92 Å². The number of nitrogens with one attached hydrogen (secondary N) is 2. The number of carbonyl (C=O) groups excluding carboxylic acids is 1. The molecule has 2 N–H and O–H groups in total. The molecule has 0 aliphatic heterocycles. The molecule has 7 heteroatoms. The summed E-state index contributed by atoms with van der Waals surface area (Å²) in [6.45, 7) is 2.38. The molecule has 0 spiro atoms. The van der Waals surface area contributed by atoms with Gasteiger partial charge in [-0.2, -0.15) is 0 Å². The second-order valence-corrected chi connectivity index (χ2v) is 5.12. The molecule has 3 aromatic rings. The van der Waals surface area contributed by atoms with E-state index in [1.165, 1.54) is 4.57 Å². The topological polar surface area (TPSA) is 85.5 Å². The Morgan fingerprint density at radius 2 is 2.00 bits per heavy atom. The molecule has 24 heavy (non-hydrogen) atoms. The lowest BCUT2D eigenvalue weighted by Crippen LogP contribution is -2.19. The number of para-hydroxylation sites is 2. The first-order valence-corrected chi connectivity index (χ1v) is 7.48. The summed E-state index contributed by atoms with van der Waals surface area (Å²) in [5.41, 5.74) is 2.16. The van der Waals surface area contributed by atoms with E-state index in [0.717, 1.165) is 0 Å². The summed E-state index contributed by atoms with van der Waals surface area (Å²) >= 11 is 0. The van der Waals surface area contributed by atoms with E-state index >= 15 is 0 Å². The van der Waals surface area contributed by atoms with Crippen molar-refractivity contribution in [1.82, 2.24) is 4.57 Å². The number of nitrogens with zero attached hydrogens (tertiary/aromatic N) is 1. The first-order valence-electron chi connectivity index (χ1n) is 7.48. The van der Waals surface area contributed by atoms with Gasteiger partial charge in [-0.3, -0.25) is 4.57 Å². The number of benzene rings is 2. The maximum absolute atomic E-state index is 12.2. The minimum atomic E-state index is -0.447. The summed E-state index contributed by atoms with van der Waals surface area (Å²) in [5, 5.41) is 5.44. The summed E-state index contributed by atoms with van der Waals surface area (Å²) in [6, 6.07) is 11.8. The van der Waals surface area contributed by atoms with Gasteiger partial charge in [-0.15, -0.1) is 0 Å². The van der Waals surface area contributed by atoms with E-state index in [1.54, 1.807) is 37.4 Å². The summed E-state index contributed by atoms with van der Waals surface area (Å²) < 4.78 is 12.0. The highest BCUT2D eigenvalue weighted by molar-refractivity contribution is 6.01. The number of oxazole rings is 1. The Morgan fingerprint density at radius 1 is 1.21 bits per heavy atom. The minimum absolute atomic E-state index is 0.412. The molecule has 0 saturated heterocycles. The fraction of sp³-hybridized carbons (Fsp3) is 0.176. The molecule has 2 amide bonds. The first-order chi connectivity index (χ1) is 11.6. The number of ether oxygens (including phenoxy) is 1.